The van der Waals surface area contributed by atoms with Crippen LogP contribution in [0.4, 0.5) is 0 Å². The molecule has 0 aliphatic heterocycles. The van der Waals surface area contributed by atoms with Crippen LogP contribution in [0, 0.1) is 5.41 Å². The number of rotatable bonds is 2. The number of hydrogen-bond acceptors (Lipinski definition) is 1. The highest BCUT2D eigenvalue weighted by molar-refractivity contribution is 5.94. The molecule has 0 aromatic rings. The van der Waals surface area contributed by atoms with Crippen molar-refractivity contribution in [3.05, 3.63) is 24.8 Å². The molecule has 1 aliphatic carbocycles. The molecule has 1 unspecified atom stereocenters. The van der Waals surface area contributed by atoms with Gasteiger partial charge >= 0.3 is 0 Å². The fourth-order valence-electron chi connectivity index (χ4n) is 1.44. The van der Waals surface area contributed by atoms with Gasteiger partial charge in [-0.05, 0) is 25.3 Å². The Morgan fingerprint density at radius 2 is 2.36 bits per heavy atom. The van der Waals surface area contributed by atoms with Crippen LogP contribution >= 0.6 is 0 Å². The van der Waals surface area contributed by atoms with E-state index in [-0.39, 0.29) is 11.2 Å². The zero-order valence-electron chi connectivity index (χ0n) is 6.97. The van der Waals surface area contributed by atoms with E-state index in [1.807, 2.05) is 6.92 Å². The van der Waals surface area contributed by atoms with Crippen molar-refractivity contribution in [1.29, 1.82) is 0 Å². The van der Waals surface area contributed by atoms with Gasteiger partial charge in [0.25, 0.3) is 0 Å². The van der Waals surface area contributed by atoms with E-state index in [2.05, 4.69) is 18.7 Å². The van der Waals surface area contributed by atoms with Gasteiger partial charge in [-0.2, -0.15) is 0 Å². The van der Waals surface area contributed by atoms with Crippen LogP contribution in [0.5, 0.6) is 0 Å². The van der Waals surface area contributed by atoms with Gasteiger partial charge in [-0.3, -0.25) is 4.79 Å². The zero-order valence-corrected chi connectivity index (χ0v) is 6.97. The van der Waals surface area contributed by atoms with Gasteiger partial charge < -0.3 is 0 Å². The summed E-state index contributed by atoms with van der Waals surface area (Å²) < 4.78 is 0. The topological polar surface area (TPSA) is 17.1 Å². The first-order chi connectivity index (χ1) is 5.19. The molecule has 11 heavy (non-hydrogen) atoms. The second-order valence-corrected chi connectivity index (χ2v) is 3.34. The van der Waals surface area contributed by atoms with Crippen LogP contribution in [0.2, 0.25) is 0 Å². The van der Waals surface area contributed by atoms with Crippen molar-refractivity contribution < 1.29 is 4.79 Å². The molecule has 0 aromatic heterocycles. The number of carbonyl (C=O) groups excluding carboxylic acids is 1. The largest absolute Gasteiger partial charge is 0.294 e. The molecular formula is C10H14O. The minimum absolute atomic E-state index is 0.156. The highest BCUT2D eigenvalue weighted by atomic mass is 16.1. The first-order valence-electron chi connectivity index (χ1n) is 4.01. The standard InChI is InChI=1S/C10H14O/c1-3-9(11)10(2)7-5-4-6-8-10/h3-5H,1,6-8H2,2H3. The Hall–Kier alpha value is -0.850. The van der Waals surface area contributed by atoms with Crippen LogP contribution < -0.4 is 0 Å². The van der Waals surface area contributed by atoms with Crippen LogP contribution in [0.1, 0.15) is 26.2 Å². The first kappa shape index (κ1) is 8.25. The van der Waals surface area contributed by atoms with Gasteiger partial charge in [0, 0.05) is 5.41 Å². The molecule has 60 valence electrons. The van der Waals surface area contributed by atoms with Crippen molar-refractivity contribution in [3.63, 3.8) is 0 Å². The van der Waals surface area contributed by atoms with E-state index in [0.717, 1.165) is 19.3 Å². The Balaban J connectivity index is 2.73. The Labute approximate surface area is 67.8 Å². The average Bonchev–Trinajstić information content (AvgIpc) is 2.04. The molecule has 1 heteroatoms. The van der Waals surface area contributed by atoms with E-state index >= 15 is 0 Å². The second-order valence-electron chi connectivity index (χ2n) is 3.34. The fourth-order valence-corrected chi connectivity index (χ4v) is 1.44. The molecule has 0 bridgehead atoms. The zero-order chi connectivity index (χ0) is 8.32. The average molecular weight is 150 g/mol. The number of carbonyl (C=O) groups is 1. The lowest BCUT2D eigenvalue weighted by Crippen LogP contribution is -2.26. The van der Waals surface area contributed by atoms with Crippen LogP contribution in [-0.4, -0.2) is 5.78 Å². The van der Waals surface area contributed by atoms with Crippen molar-refractivity contribution >= 4 is 5.78 Å². The van der Waals surface area contributed by atoms with Crippen molar-refractivity contribution in [2.45, 2.75) is 26.2 Å². The summed E-state index contributed by atoms with van der Waals surface area (Å²) in [4.78, 5) is 11.3. The van der Waals surface area contributed by atoms with Crippen LogP contribution in [-0.2, 0) is 4.79 Å². The molecule has 1 aliphatic rings. The van der Waals surface area contributed by atoms with Gasteiger partial charge in [0.05, 0.1) is 0 Å². The number of ketones is 1. The van der Waals surface area contributed by atoms with E-state index in [4.69, 9.17) is 0 Å². The maximum atomic E-state index is 11.3. The fraction of sp³-hybridized carbons (Fsp3) is 0.500. The molecule has 1 atom stereocenters. The lowest BCUT2D eigenvalue weighted by molar-refractivity contribution is -0.123. The molecule has 0 saturated heterocycles. The highest BCUT2D eigenvalue weighted by Crippen LogP contribution is 2.33. The minimum atomic E-state index is -0.156. The third-order valence-electron chi connectivity index (χ3n) is 2.38. The molecule has 0 radical (unpaired) electrons. The Kier molecular flexibility index (Phi) is 2.28. The summed E-state index contributed by atoms with van der Waals surface area (Å²) in [5, 5.41) is 0. The smallest absolute Gasteiger partial charge is 0.161 e. The maximum Gasteiger partial charge on any atom is 0.161 e. The number of hydrogen-bond donors (Lipinski definition) is 0. The van der Waals surface area contributed by atoms with Crippen LogP contribution in [0.25, 0.3) is 0 Å². The van der Waals surface area contributed by atoms with Gasteiger partial charge in [0.1, 0.15) is 0 Å². The van der Waals surface area contributed by atoms with Crippen molar-refractivity contribution in [3.8, 4) is 0 Å². The van der Waals surface area contributed by atoms with E-state index < -0.39 is 0 Å². The van der Waals surface area contributed by atoms with Gasteiger partial charge in [-0.1, -0.05) is 25.7 Å². The third-order valence-corrected chi connectivity index (χ3v) is 2.38. The SMILES string of the molecule is C=CC(=O)C1(C)CC=CCC1. The van der Waals surface area contributed by atoms with Crippen molar-refractivity contribution in [2.75, 3.05) is 0 Å². The van der Waals surface area contributed by atoms with Crippen molar-refractivity contribution in [1.82, 2.24) is 0 Å². The number of allylic oxidation sites excluding steroid dienone is 3. The normalized spacial score (nSPS) is 29.9. The van der Waals surface area contributed by atoms with Gasteiger partial charge in [-0.15, -0.1) is 0 Å². The van der Waals surface area contributed by atoms with E-state index in [0.29, 0.717) is 0 Å². The lowest BCUT2D eigenvalue weighted by atomic mass is 9.75. The lowest BCUT2D eigenvalue weighted by Gasteiger charge is -2.27. The molecular weight excluding hydrogens is 136 g/mol. The van der Waals surface area contributed by atoms with E-state index in [9.17, 15) is 4.79 Å². The summed E-state index contributed by atoms with van der Waals surface area (Å²) in [6, 6.07) is 0. The Morgan fingerprint density at radius 3 is 2.82 bits per heavy atom. The predicted molar refractivity (Wildman–Crippen MR) is 46.3 cm³/mol. The molecule has 1 nitrogen and oxygen atoms in total. The minimum Gasteiger partial charge on any atom is -0.294 e. The summed E-state index contributed by atoms with van der Waals surface area (Å²) >= 11 is 0. The molecule has 0 amide bonds. The molecule has 0 heterocycles. The quantitative estimate of drug-likeness (QED) is 0.436. The second kappa shape index (κ2) is 3.04. The summed E-state index contributed by atoms with van der Waals surface area (Å²) in [6.45, 7) is 5.52. The Bertz CT molecular complexity index is 203. The molecule has 0 fully saturated rings. The summed E-state index contributed by atoms with van der Waals surface area (Å²) in [5.74, 6) is 0.182. The molecule has 0 spiro atoms. The summed E-state index contributed by atoms with van der Waals surface area (Å²) in [6.07, 6.45) is 8.53. The monoisotopic (exact) mass is 150 g/mol. The molecule has 1 rings (SSSR count). The van der Waals surface area contributed by atoms with Crippen LogP contribution in [0.3, 0.4) is 0 Å². The van der Waals surface area contributed by atoms with E-state index in [1.54, 1.807) is 0 Å². The molecule has 0 saturated carbocycles. The van der Waals surface area contributed by atoms with Gasteiger partial charge in [-0.25, -0.2) is 0 Å². The Morgan fingerprint density at radius 1 is 1.64 bits per heavy atom. The first-order valence-corrected chi connectivity index (χ1v) is 4.01. The van der Waals surface area contributed by atoms with Gasteiger partial charge in [0.2, 0.25) is 0 Å². The van der Waals surface area contributed by atoms with E-state index in [1.165, 1.54) is 6.08 Å². The third kappa shape index (κ3) is 1.59. The molecule has 0 aromatic carbocycles. The predicted octanol–water partition coefficient (Wildman–Crippen LogP) is 2.49. The maximum absolute atomic E-state index is 11.3. The summed E-state index contributed by atoms with van der Waals surface area (Å²) in [5.41, 5.74) is -0.156. The van der Waals surface area contributed by atoms with Crippen LogP contribution in [0.15, 0.2) is 24.8 Å². The molecule has 0 N–H and O–H groups in total. The summed E-state index contributed by atoms with van der Waals surface area (Å²) in [7, 11) is 0. The van der Waals surface area contributed by atoms with Crippen molar-refractivity contribution in [2.24, 2.45) is 5.41 Å². The highest BCUT2D eigenvalue weighted by Gasteiger charge is 2.30. The van der Waals surface area contributed by atoms with Gasteiger partial charge in [0.15, 0.2) is 5.78 Å².